The van der Waals surface area contributed by atoms with Gasteiger partial charge in [-0.05, 0) is 55.2 Å². The summed E-state index contributed by atoms with van der Waals surface area (Å²) in [4.78, 5) is 4.85. The highest BCUT2D eigenvalue weighted by Gasteiger charge is 2.22. The Hall–Kier alpha value is -1.63. The second kappa shape index (κ2) is 11.4. The van der Waals surface area contributed by atoms with Gasteiger partial charge in [-0.25, -0.2) is 0 Å². The zero-order valence-electron chi connectivity index (χ0n) is 18.1. The van der Waals surface area contributed by atoms with Crippen LogP contribution < -0.4 is 0 Å². The van der Waals surface area contributed by atoms with Crippen LogP contribution in [0.4, 0.5) is 0 Å². The molecule has 0 atom stereocenters. The third kappa shape index (κ3) is 6.19. The lowest BCUT2D eigenvalue weighted by atomic mass is 9.78. The smallest absolute Gasteiger partial charge is 0.0434 e. The van der Waals surface area contributed by atoms with Crippen LogP contribution in [0, 0.1) is 5.92 Å². The molecule has 1 aliphatic rings. The first kappa shape index (κ1) is 21.1. The molecule has 1 saturated carbocycles. The highest BCUT2D eigenvalue weighted by atomic mass is 14.7. The van der Waals surface area contributed by atoms with E-state index in [2.05, 4.69) is 56.4 Å². The minimum Gasteiger partial charge on any atom is -0.260 e. The largest absolute Gasteiger partial charge is 0.260 e. The Labute approximate surface area is 173 Å². The second-order valence-corrected chi connectivity index (χ2v) is 8.80. The maximum absolute atomic E-state index is 4.85. The molecule has 0 amide bonds. The Bertz CT molecular complexity index is 662. The molecule has 152 valence electrons. The van der Waals surface area contributed by atoms with Crippen molar-refractivity contribution in [3.8, 4) is 11.1 Å². The Balaban J connectivity index is 1.43. The average Bonchev–Trinajstić information content (AvgIpc) is 2.77. The zero-order chi connectivity index (χ0) is 19.6. The van der Waals surface area contributed by atoms with Crippen molar-refractivity contribution in [2.45, 2.75) is 96.8 Å². The molecular formula is C27H39N. The van der Waals surface area contributed by atoms with Crippen molar-refractivity contribution in [2.24, 2.45) is 5.92 Å². The van der Waals surface area contributed by atoms with Gasteiger partial charge in [0.05, 0.1) is 0 Å². The molecule has 1 aliphatic carbocycles. The fourth-order valence-corrected chi connectivity index (χ4v) is 4.71. The Kier molecular flexibility index (Phi) is 8.58. The van der Waals surface area contributed by atoms with E-state index in [9.17, 15) is 0 Å². The number of benzene rings is 1. The van der Waals surface area contributed by atoms with E-state index in [1.807, 2.05) is 0 Å². The topological polar surface area (TPSA) is 12.9 Å². The molecule has 3 rings (SSSR count). The van der Waals surface area contributed by atoms with E-state index in [0.29, 0.717) is 5.92 Å². The summed E-state index contributed by atoms with van der Waals surface area (Å²) in [6.07, 6.45) is 18.7. The molecule has 1 fully saturated rings. The Morgan fingerprint density at radius 2 is 1.43 bits per heavy atom. The molecule has 1 nitrogen and oxygen atoms in total. The Morgan fingerprint density at radius 3 is 2.07 bits per heavy atom. The van der Waals surface area contributed by atoms with Crippen LogP contribution in [0.2, 0.25) is 0 Å². The van der Waals surface area contributed by atoms with Crippen LogP contribution in [0.25, 0.3) is 11.1 Å². The van der Waals surface area contributed by atoms with Crippen LogP contribution in [-0.2, 0) is 6.42 Å². The molecule has 1 heteroatoms. The van der Waals surface area contributed by atoms with E-state index in [1.165, 1.54) is 93.0 Å². The van der Waals surface area contributed by atoms with E-state index in [-0.39, 0.29) is 0 Å². The number of pyridine rings is 1. The Morgan fingerprint density at radius 1 is 0.750 bits per heavy atom. The molecule has 0 N–H and O–H groups in total. The minimum absolute atomic E-state index is 0.678. The number of aryl methyl sites for hydroxylation is 1. The summed E-state index contributed by atoms with van der Waals surface area (Å²) in [6.45, 7) is 4.50. The molecule has 0 unspecified atom stereocenters. The van der Waals surface area contributed by atoms with Gasteiger partial charge in [-0.3, -0.25) is 4.98 Å². The van der Waals surface area contributed by atoms with Crippen molar-refractivity contribution in [1.29, 1.82) is 0 Å². The molecule has 2 aromatic rings. The van der Waals surface area contributed by atoms with E-state index < -0.39 is 0 Å². The quantitative estimate of drug-likeness (QED) is 0.379. The highest BCUT2D eigenvalue weighted by molar-refractivity contribution is 5.62. The molecule has 28 heavy (non-hydrogen) atoms. The predicted octanol–water partition coefficient (Wildman–Crippen LogP) is 8.34. The van der Waals surface area contributed by atoms with Gasteiger partial charge in [-0.15, -0.1) is 0 Å². The van der Waals surface area contributed by atoms with Gasteiger partial charge in [0.15, 0.2) is 0 Å². The van der Waals surface area contributed by atoms with Crippen LogP contribution in [0.15, 0.2) is 42.6 Å². The lowest BCUT2D eigenvalue weighted by Gasteiger charge is -2.28. The number of aromatic nitrogens is 1. The number of hydrogen-bond acceptors (Lipinski definition) is 1. The maximum atomic E-state index is 4.85. The molecule has 0 bridgehead atoms. The van der Waals surface area contributed by atoms with E-state index in [1.54, 1.807) is 0 Å². The minimum atomic E-state index is 0.678. The first-order valence-electron chi connectivity index (χ1n) is 11.9. The van der Waals surface area contributed by atoms with Crippen molar-refractivity contribution in [2.75, 3.05) is 0 Å². The summed E-state index contributed by atoms with van der Waals surface area (Å²) in [7, 11) is 0. The van der Waals surface area contributed by atoms with Crippen molar-refractivity contribution in [3.63, 3.8) is 0 Å². The monoisotopic (exact) mass is 377 g/mol. The molecule has 1 aromatic carbocycles. The van der Waals surface area contributed by atoms with Gasteiger partial charge >= 0.3 is 0 Å². The van der Waals surface area contributed by atoms with Crippen LogP contribution in [-0.4, -0.2) is 4.98 Å². The predicted molar refractivity (Wildman–Crippen MR) is 122 cm³/mol. The lowest BCUT2D eigenvalue weighted by Crippen LogP contribution is -2.14. The van der Waals surface area contributed by atoms with E-state index in [4.69, 9.17) is 4.98 Å². The summed E-state index contributed by atoms with van der Waals surface area (Å²) in [6, 6.07) is 13.5. The van der Waals surface area contributed by atoms with Gasteiger partial charge in [0.25, 0.3) is 0 Å². The molecule has 0 spiro atoms. The highest BCUT2D eigenvalue weighted by Crippen LogP contribution is 2.37. The molecule has 0 radical (unpaired) electrons. The first-order valence-corrected chi connectivity index (χ1v) is 11.9. The van der Waals surface area contributed by atoms with Crippen LogP contribution in [0.3, 0.4) is 0 Å². The average molecular weight is 378 g/mol. The molecule has 1 aromatic heterocycles. The van der Waals surface area contributed by atoms with Gasteiger partial charge < -0.3 is 0 Å². The number of rotatable bonds is 10. The number of unbranched alkanes of at least 4 members (excludes halogenated alkanes) is 5. The van der Waals surface area contributed by atoms with Crippen LogP contribution in [0.5, 0.6) is 0 Å². The zero-order valence-corrected chi connectivity index (χ0v) is 18.1. The lowest BCUT2D eigenvalue weighted by molar-refractivity contribution is 0.299. The van der Waals surface area contributed by atoms with Crippen molar-refractivity contribution in [3.05, 3.63) is 53.9 Å². The number of hydrogen-bond donors (Lipinski definition) is 0. The maximum Gasteiger partial charge on any atom is 0.0434 e. The van der Waals surface area contributed by atoms with E-state index >= 15 is 0 Å². The van der Waals surface area contributed by atoms with Crippen molar-refractivity contribution >= 4 is 0 Å². The summed E-state index contributed by atoms with van der Waals surface area (Å²) in [5, 5.41) is 0. The fraction of sp³-hybridized carbons (Fsp3) is 0.593. The van der Waals surface area contributed by atoms with Crippen LogP contribution in [0.1, 0.15) is 102 Å². The van der Waals surface area contributed by atoms with Crippen LogP contribution >= 0.6 is 0 Å². The molecular weight excluding hydrogens is 338 g/mol. The summed E-state index contributed by atoms with van der Waals surface area (Å²) in [5.41, 5.74) is 5.22. The van der Waals surface area contributed by atoms with Gasteiger partial charge in [0, 0.05) is 23.4 Å². The summed E-state index contributed by atoms with van der Waals surface area (Å²) >= 11 is 0. The number of nitrogens with zero attached hydrogens (tertiary/aromatic N) is 1. The standard InChI is InChI=1S/C27H39N/c1-3-5-6-7-8-9-10-23-13-17-25(18-14-23)27-20-19-26(21-28-27)24-15-11-22(4-2)12-16-24/h11-12,15-16,19-21,23,25H,3-10,13-14,17-18H2,1-2H3/t23-,25-. The van der Waals surface area contributed by atoms with E-state index in [0.717, 1.165) is 12.3 Å². The second-order valence-electron chi connectivity index (χ2n) is 8.80. The van der Waals surface area contributed by atoms with Gasteiger partial charge in [-0.1, -0.05) is 89.1 Å². The van der Waals surface area contributed by atoms with Gasteiger partial charge in [0.1, 0.15) is 0 Å². The van der Waals surface area contributed by atoms with Gasteiger partial charge in [-0.2, -0.15) is 0 Å². The third-order valence-electron chi connectivity index (χ3n) is 6.71. The van der Waals surface area contributed by atoms with Crippen molar-refractivity contribution in [1.82, 2.24) is 4.98 Å². The third-order valence-corrected chi connectivity index (χ3v) is 6.71. The normalized spacial score (nSPS) is 19.6. The summed E-state index contributed by atoms with van der Waals surface area (Å²) in [5.74, 6) is 1.65. The molecule has 0 saturated heterocycles. The fourth-order valence-electron chi connectivity index (χ4n) is 4.71. The summed E-state index contributed by atoms with van der Waals surface area (Å²) < 4.78 is 0. The SMILES string of the molecule is CCCCCCCC[C@H]1CC[C@H](c2ccc(-c3ccc(CC)cc3)cn2)CC1. The van der Waals surface area contributed by atoms with Crippen molar-refractivity contribution < 1.29 is 0 Å². The molecule has 1 heterocycles. The van der Waals surface area contributed by atoms with Gasteiger partial charge in [0.2, 0.25) is 0 Å². The molecule has 0 aliphatic heterocycles. The first-order chi connectivity index (χ1) is 13.8.